The van der Waals surface area contributed by atoms with Crippen LogP contribution in [0.3, 0.4) is 0 Å². The number of carboxylic acids is 2. The van der Waals surface area contributed by atoms with Gasteiger partial charge >= 0.3 is 19.8 Å². The SMILES string of the molecule is CC1Nc2c(nc(N)[nH]c2=O)N2CN(c3ccc(CC(O)C(O)C(O)C(O)O[C@H]4O[C@H](COP(=O)(O)OC(CCC(=O)O)C(=O)O)[C@@H](O)[C@H]4O)cc3)C(C)C12. The summed E-state index contributed by atoms with van der Waals surface area (Å²) in [5.74, 6) is -2.69. The smallest absolute Gasteiger partial charge is 0.473 e. The maximum Gasteiger partial charge on any atom is 0.473 e. The van der Waals surface area contributed by atoms with Gasteiger partial charge in [0.25, 0.3) is 5.56 Å². The van der Waals surface area contributed by atoms with Crippen LogP contribution in [0, 0.1) is 0 Å². The number of hydrogen-bond acceptors (Lipinski definition) is 19. The van der Waals surface area contributed by atoms with E-state index in [9.17, 15) is 54.5 Å². The van der Waals surface area contributed by atoms with Gasteiger partial charge in [0.05, 0.1) is 31.5 Å². The number of carboxylic acid groups (broad SMARTS) is 2. The summed E-state index contributed by atoms with van der Waals surface area (Å²) in [4.78, 5) is 55.4. The molecule has 1 aromatic carbocycles. The van der Waals surface area contributed by atoms with Crippen molar-refractivity contribution in [2.75, 3.05) is 34.1 Å². The third kappa shape index (κ3) is 9.53. The van der Waals surface area contributed by atoms with Crippen LogP contribution in [0.15, 0.2) is 29.1 Å². The maximum atomic E-state index is 12.5. The molecular weight excluding hydrogens is 759 g/mol. The van der Waals surface area contributed by atoms with Crippen molar-refractivity contribution in [3.05, 3.63) is 40.2 Å². The minimum atomic E-state index is -5.17. The van der Waals surface area contributed by atoms with E-state index in [0.717, 1.165) is 5.69 Å². The number of carbonyl (C=O) groups is 2. The number of anilines is 4. The second kappa shape index (κ2) is 17.0. The number of nitrogen functional groups attached to an aromatic ring is 1. The van der Waals surface area contributed by atoms with Crippen LogP contribution in [0.4, 0.5) is 23.1 Å². The van der Waals surface area contributed by atoms with E-state index in [1.54, 1.807) is 24.3 Å². The third-order valence-corrected chi connectivity index (χ3v) is 10.6. The van der Waals surface area contributed by atoms with Gasteiger partial charge in [-0.15, -0.1) is 0 Å². The second-order valence-corrected chi connectivity index (χ2v) is 14.9. The van der Waals surface area contributed by atoms with Crippen LogP contribution in [0.5, 0.6) is 0 Å². The van der Waals surface area contributed by atoms with E-state index in [1.807, 2.05) is 18.7 Å². The molecule has 13 N–H and O–H groups in total. The molecule has 23 nitrogen and oxygen atoms in total. The van der Waals surface area contributed by atoms with Crippen LogP contribution in [0.2, 0.25) is 0 Å². The summed E-state index contributed by atoms with van der Waals surface area (Å²) < 4.78 is 31.7. The number of fused-ring (bicyclic) bond motifs is 3. The molecule has 0 bridgehead atoms. The van der Waals surface area contributed by atoms with Crippen LogP contribution >= 0.6 is 7.82 Å². The summed E-state index contributed by atoms with van der Waals surface area (Å²) in [5.41, 5.74) is 7.14. The molecule has 5 rings (SSSR count). The highest BCUT2D eigenvalue weighted by Crippen LogP contribution is 2.46. The molecule has 24 heteroatoms. The van der Waals surface area contributed by atoms with E-state index in [0.29, 0.717) is 23.7 Å². The minimum Gasteiger partial charge on any atom is -0.481 e. The molecule has 2 fully saturated rings. The number of ether oxygens (including phenoxy) is 2. The molecule has 2 saturated heterocycles. The molecule has 13 atom stereocenters. The predicted octanol–water partition coefficient (Wildman–Crippen LogP) is -2.93. The summed E-state index contributed by atoms with van der Waals surface area (Å²) in [6.07, 6.45) is -19.0. The van der Waals surface area contributed by atoms with Gasteiger partial charge in [0.1, 0.15) is 36.2 Å². The normalized spacial score (nSPS) is 28.6. The molecule has 4 heterocycles. The number of nitrogens with two attached hydrogens (primary N) is 1. The highest BCUT2D eigenvalue weighted by molar-refractivity contribution is 7.47. The van der Waals surface area contributed by atoms with Crippen molar-refractivity contribution in [2.24, 2.45) is 0 Å². The first kappa shape index (κ1) is 42.2. The minimum absolute atomic E-state index is 0.00478. The Kier molecular flexibility index (Phi) is 13.1. The van der Waals surface area contributed by atoms with E-state index < -0.39 is 94.5 Å². The summed E-state index contributed by atoms with van der Waals surface area (Å²) in [5, 5.41) is 84.0. The Labute approximate surface area is 312 Å². The molecule has 0 radical (unpaired) electrons. The number of aliphatic hydroxyl groups excluding tert-OH is 6. The van der Waals surface area contributed by atoms with Crippen LogP contribution in [0.25, 0.3) is 0 Å². The number of rotatable bonds is 17. The van der Waals surface area contributed by atoms with E-state index in [1.165, 1.54) is 0 Å². The van der Waals surface area contributed by atoms with Crippen molar-refractivity contribution in [1.29, 1.82) is 0 Å². The first-order valence-corrected chi connectivity index (χ1v) is 18.6. The van der Waals surface area contributed by atoms with Crippen LogP contribution in [-0.4, -0.2) is 154 Å². The van der Waals surface area contributed by atoms with Gasteiger partial charge in [-0.1, -0.05) is 12.1 Å². The Morgan fingerprint density at radius 3 is 2.38 bits per heavy atom. The number of hydrogen-bond donors (Lipinski definition) is 12. The number of nitrogens with one attached hydrogen (secondary N) is 2. The molecule has 1 aromatic heterocycles. The van der Waals surface area contributed by atoms with E-state index >= 15 is 0 Å². The lowest BCUT2D eigenvalue weighted by Gasteiger charge is -2.37. The monoisotopic (exact) mass is 804 g/mol. The molecule has 0 amide bonds. The lowest BCUT2D eigenvalue weighted by molar-refractivity contribution is -0.281. The predicted molar refractivity (Wildman–Crippen MR) is 187 cm³/mol. The van der Waals surface area contributed by atoms with Crippen LogP contribution in [0.1, 0.15) is 32.3 Å². The first-order chi connectivity index (χ1) is 25.8. The maximum absolute atomic E-state index is 12.5. The summed E-state index contributed by atoms with van der Waals surface area (Å²) in [7, 11) is -5.17. The largest absolute Gasteiger partial charge is 0.481 e. The lowest BCUT2D eigenvalue weighted by Crippen LogP contribution is -2.51. The molecule has 9 unspecified atom stereocenters. The number of aromatic amines is 1. The molecular formula is C31H45N6O17P. The second-order valence-electron chi connectivity index (χ2n) is 13.5. The molecule has 55 heavy (non-hydrogen) atoms. The van der Waals surface area contributed by atoms with Crippen molar-refractivity contribution < 1.29 is 78.4 Å². The van der Waals surface area contributed by atoms with Gasteiger partial charge in [0.2, 0.25) is 5.95 Å². The Morgan fingerprint density at radius 1 is 1.07 bits per heavy atom. The molecule has 3 aliphatic heterocycles. The number of aromatic nitrogens is 2. The van der Waals surface area contributed by atoms with Gasteiger partial charge in [-0.2, -0.15) is 4.98 Å². The van der Waals surface area contributed by atoms with Crippen molar-refractivity contribution in [3.63, 3.8) is 0 Å². The van der Waals surface area contributed by atoms with Crippen molar-refractivity contribution in [1.82, 2.24) is 9.97 Å². The first-order valence-electron chi connectivity index (χ1n) is 17.1. The highest BCUT2D eigenvalue weighted by Gasteiger charge is 2.48. The van der Waals surface area contributed by atoms with Gasteiger partial charge in [0.15, 0.2) is 24.5 Å². The number of H-pyrrole nitrogens is 1. The number of phosphoric acid groups is 1. The number of aliphatic hydroxyl groups is 6. The fourth-order valence-electron chi connectivity index (χ4n) is 6.77. The number of benzene rings is 1. The summed E-state index contributed by atoms with van der Waals surface area (Å²) in [6, 6.07) is 6.81. The highest BCUT2D eigenvalue weighted by atomic mass is 31.2. The van der Waals surface area contributed by atoms with E-state index in [4.69, 9.17) is 25.4 Å². The van der Waals surface area contributed by atoms with Gasteiger partial charge in [-0.3, -0.25) is 23.6 Å². The Balaban J connectivity index is 1.12. The van der Waals surface area contributed by atoms with Crippen LogP contribution in [-0.2, 0) is 39.1 Å². The van der Waals surface area contributed by atoms with Gasteiger partial charge in [0, 0.05) is 24.6 Å². The lowest BCUT2D eigenvalue weighted by atomic mass is 9.98. The zero-order chi connectivity index (χ0) is 40.5. The molecule has 306 valence electrons. The van der Waals surface area contributed by atoms with Gasteiger partial charge in [-0.25, -0.2) is 9.36 Å². The number of nitrogens with zero attached hydrogens (tertiary/aromatic N) is 3. The standard InChI is InChI=1S/C31H45N6O17P/c1-12-21-13(2)36(11-37(21)26-20(33-12)27(45)35-31(32)34-26)15-5-3-14(4-6-15)9-16(38)22(41)24(43)29(48)53-30-25(44)23(42)18(52-30)10-51-55(49,50)54-17(28(46)47)7-8-19(39)40/h3-6,12-13,16-18,21-25,29-30,33,38,41-44,48H,7-11H2,1-2H3,(H,39,40)(H,46,47)(H,49,50)(H3,32,34,35,45)/t12?,13?,16?,17?,18-,21?,22?,23-,24?,25-,29?,30-/m1/s1. The molecule has 3 aliphatic rings. The Hall–Kier alpha value is -3.97. The van der Waals surface area contributed by atoms with Crippen molar-refractivity contribution in [3.8, 4) is 0 Å². The summed E-state index contributed by atoms with van der Waals surface area (Å²) >= 11 is 0. The number of phosphoric ester groups is 1. The Bertz CT molecular complexity index is 1790. The van der Waals surface area contributed by atoms with Crippen molar-refractivity contribution >= 4 is 42.9 Å². The molecule has 0 saturated carbocycles. The van der Waals surface area contributed by atoms with E-state index in [-0.39, 0.29) is 36.1 Å². The fraction of sp³-hybridized carbons (Fsp3) is 0.613. The van der Waals surface area contributed by atoms with E-state index in [2.05, 4.69) is 29.2 Å². The number of aliphatic carboxylic acids is 2. The molecule has 0 spiro atoms. The van der Waals surface area contributed by atoms with Gasteiger partial charge < -0.3 is 76.1 Å². The molecule has 0 aliphatic carbocycles. The summed E-state index contributed by atoms with van der Waals surface area (Å²) in [6.45, 7) is 3.42. The quantitative estimate of drug-likeness (QED) is 0.0562. The Morgan fingerprint density at radius 2 is 1.75 bits per heavy atom. The fourth-order valence-corrected chi connectivity index (χ4v) is 7.69. The average Bonchev–Trinajstić information content (AvgIpc) is 3.61. The molecule has 2 aromatic rings. The zero-order valence-electron chi connectivity index (χ0n) is 29.4. The topological polar surface area (TPSA) is 360 Å². The van der Waals surface area contributed by atoms with Crippen LogP contribution < -0.4 is 26.4 Å². The zero-order valence-corrected chi connectivity index (χ0v) is 30.3. The van der Waals surface area contributed by atoms with Gasteiger partial charge in [-0.05, 0) is 38.0 Å². The van der Waals surface area contributed by atoms with Crippen molar-refractivity contribution in [2.45, 2.75) is 107 Å². The third-order valence-electron chi connectivity index (χ3n) is 9.62. The average molecular weight is 805 g/mol.